The van der Waals surface area contributed by atoms with Crippen molar-refractivity contribution >= 4 is 5.69 Å². The lowest BCUT2D eigenvalue weighted by molar-refractivity contribution is 0.107. The van der Waals surface area contributed by atoms with Crippen molar-refractivity contribution in [2.24, 2.45) is 0 Å². The predicted octanol–water partition coefficient (Wildman–Crippen LogP) is 1.93. The molecule has 1 saturated heterocycles. The lowest BCUT2D eigenvalue weighted by atomic mass is 10.2. The summed E-state index contributed by atoms with van der Waals surface area (Å²) < 4.78 is 5.53. The van der Waals surface area contributed by atoms with Crippen LogP contribution in [0.4, 0.5) is 5.69 Å². The summed E-state index contributed by atoms with van der Waals surface area (Å²) in [6.07, 6.45) is 5.32. The third kappa shape index (κ3) is 2.71. The fraction of sp³-hybridized carbons (Fsp3) is 0.500. The Kier molecular flexibility index (Phi) is 3.73. The van der Waals surface area contributed by atoms with Gasteiger partial charge in [0.15, 0.2) is 5.69 Å². The monoisotopic (exact) mass is 217 g/mol. The van der Waals surface area contributed by atoms with Crippen LogP contribution in [0.2, 0.25) is 0 Å². The molecule has 84 valence electrons. The number of anilines is 1. The minimum Gasteiger partial charge on any atom is -0.383 e. The van der Waals surface area contributed by atoms with E-state index in [4.69, 9.17) is 10.00 Å². The van der Waals surface area contributed by atoms with Crippen LogP contribution in [0.5, 0.6) is 0 Å². The van der Waals surface area contributed by atoms with E-state index in [9.17, 15) is 0 Å². The molecule has 2 heterocycles. The smallest absolute Gasteiger partial charge is 0.163 e. The number of nitrogens with one attached hydrogen (secondary N) is 1. The lowest BCUT2D eigenvalue weighted by Crippen LogP contribution is -2.13. The average Bonchev–Trinajstić information content (AvgIpc) is 2.83. The molecule has 0 radical (unpaired) electrons. The molecule has 16 heavy (non-hydrogen) atoms. The third-order valence-electron chi connectivity index (χ3n) is 2.72. The zero-order valence-electron chi connectivity index (χ0n) is 9.15. The van der Waals surface area contributed by atoms with Gasteiger partial charge < -0.3 is 10.1 Å². The van der Waals surface area contributed by atoms with Gasteiger partial charge in [0.2, 0.25) is 0 Å². The standard InChI is InChI=1S/C12H15N3O/c13-9-12-11(4-1-6-14-12)15-7-5-10-3-2-8-16-10/h1,4,6,10,15H,2-3,5,7-8H2. The molecule has 0 bridgehead atoms. The number of aromatic nitrogens is 1. The largest absolute Gasteiger partial charge is 0.383 e. The number of hydrogen-bond donors (Lipinski definition) is 1. The van der Waals surface area contributed by atoms with E-state index >= 15 is 0 Å². The van der Waals surface area contributed by atoms with Gasteiger partial charge in [0.05, 0.1) is 11.8 Å². The molecule has 1 aliphatic rings. The molecule has 4 heteroatoms. The van der Waals surface area contributed by atoms with Crippen LogP contribution in [0.15, 0.2) is 18.3 Å². The highest BCUT2D eigenvalue weighted by atomic mass is 16.5. The van der Waals surface area contributed by atoms with Gasteiger partial charge in [-0.05, 0) is 31.4 Å². The summed E-state index contributed by atoms with van der Waals surface area (Å²) >= 11 is 0. The molecule has 1 aromatic heterocycles. The molecule has 0 aliphatic carbocycles. The Morgan fingerprint density at radius 3 is 3.31 bits per heavy atom. The molecule has 0 aromatic carbocycles. The highest BCUT2D eigenvalue weighted by Crippen LogP contribution is 2.16. The fourth-order valence-corrected chi connectivity index (χ4v) is 1.88. The summed E-state index contributed by atoms with van der Waals surface area (Å²) in [7, 11) is 0. The first-order valence-corrected chi connectivity index (χ1v) is 5.61. The van der Waals surface area contributed by atoms with Gasteiger partial charge in [-0.15, -0.1) is 0 Å². The lowest BCUT2D eigenvalue weighted by Gasteiger charge is -2.11. The van der Waals surface area contributed by atoms with Crippen molar-refractivity contribution in [2.75, 3.05) is 18.5 Å². The first kappa shape index (κ1) is 10.9. The molecule has 1 unspecified atom stereocenters. The summed E-state index contributed by atoms with van der Waals surface area (Å²) in [4.78, 5) is 3.99. The van der Waals surface area contributed by atoms with Crippen LogP contribution >= 0.6 is 0 Å². The number of pyridine rings is 1. The van der Waals surface area contributed by atoms with Crippen LogP contribution in [-0.4, -0.2) is 24.2 Å². The maximum Gasteiger partial charge on any atom is 0.163 e. The van der Waals surface area contributed by atoms with E-state index in [2.05, 4.69) is 16.4 Å². The van der Waals surface area contributed by atoms with Gasteiger partial charge in [-0.3, -0.25) is 0 Å². The molecule has 0 spiro atoms. The second kappa shape index (κ2) is 5.47. The van der Waals surface area contributed by atoms with Crippen molar-refractivity contribution in [3.05, 3.63) is 24.0 Å². The number of nitrogens with zero attached hydrogens (tertiary/aromatic N) is 2. The van der Waals surface area contributed by atoms with Crippen molar-refractivity contribution in [3.63, 3.8) is 0 Å². The molecule has 1 N–H and O–H groups in total. The molecule has 1 atom stereocenters. The van der Waals surface area contributed by atoms with Gasteiger partial charge in [-0.25, -0.2) is 4.98 Å². The van der Waals surface area contributed by atoms with Gasteiger partial charge in [-0.1, -0.05) is 0 Å². The number of nitriles is 1. The average molecular weight is 217 g/mol. The summed E-state index contributed by atoms with van der Waals surface area (Å²) in [5.74, 6) is 0. The minimum absolute atomic E-state index is 0.384. The van der Waals surface area contributed by atoms with E-state index in [0.717, 1.165) is 31.7 Å². The second-order valence-corrected chi connectivity index (χ2v) is 3.86. The predicted molar refractivity (Wildman–Crippen MR) is 61.0 cm³/mol. The Balaban J connectivity index is 1.82. The highest BCUT2D eigenvalue weighted by Gasteiger charge is 2.14. The van der Waals surface area contributed by atoms with E-state index in [-0.39, 0.29) is 0 Å². The van der Waals surface area contributed by atoms with Gasteiger partial charge in [-0.2, -0.15) is 5.26 Å². The molecular weight excluding hydrogens is 202 g/mol. The van der Waals surface area contributed by atoms with Gasteiger partial charge >= 0.3 is 0 Å². The van der Waals surface area contributed by atoms with E-state index in [1.807, 2.05) is 12.1 Å². The maximum atomic E-state index is 8.85. The van der Waals surface area contributed by atoms with Crippen molar-refractivity contribution in [1.29, 1.82) is 5.26 Å². The Labute approximate surface area is 95.3 Å². The molecule has 2 rings (SSSR count). The molecular formula is C12H15N3O. The molecule has 4 nitrogen and oxygen atoms in total. The van der Waals surface area contributed by atoms with E-state index in [1.54, 1.807) is 6.20 Å². The Morgan fingerprint density at radius 2 is 2.56 bits per heavy atom. The molecule has 0 amide bonds. The van der Waals surface area contributed by atoms with Crippen molar-refractivity contribution < 1.29 is 4.74 Å². The maximum absolute atomic E-state index is 8.85. The Hall–Kier alpha value is -1.60. The zero-order chi connectivity index (χ0) is 11.2. The molecule has 0 saturated carbocycles. The van der Waals surface area contributed by atoms with Crippen molar-refractivity contribution in [3.8, 4) is 6.07 Å². The van der Waals surface area contributed by atoms with Crippen molar-refractivity contribution in [1.82, 2.24) is 4.98 Å². The van der Waals surface area contributed by atoms with Crippen LogP contribution in [0, 0.1) is 11.3 Å². The van der Waals surface area contributed by atoms with E-state index in [0.29, 0.717) is 11.8 Å². The second-order valence-electron chi connectivity index (χ2n) is 3.86. The topological polar surface area (TPSA) is 57.9 Å². The quantitative estimate of drug-likeness (QED) is 0.837. The molecule has 1 fully saturated rings. The Bertz CT molecular complexity index is 380. The van der Waals surface area contributed by atoms with Gasteiger partial charge in [0, 0.05) is 19.3 Å². The van der Waals surface area contributed by atoms with Gasteiger partial charge in [0.25, 0.3) is 0 Å². The Morgan fingerprint density at radius 1 is 1.62 bits per heavy atom. The van der Waals surface area contributed by atoms with Crippen LogP contribution in [0.3, 0.4) is 0 Å². The molecule has 1 aromatic rings. The number of hydrogen-bond acceptors (Lipinski definition) is 4. The van der Waals surface area contributed by atoms with Crippen molar-refractivity contribution in [2.45, 2.75) is 25.4 Å². The fourth-order valence-electron chi connectivity index (χ4n) is 1.88. The van der Waals surface area contributed by atoms with E-state index in [1.165, 1.54) is 6.42 Å². The summed E-state index contributed by atoms with van der Waals surface area (Å²) in [6.45, 7) is 1.71. The van der Waals surface area contributed by atoms with Crippen LogP contribution in [0.25, 0.3) is 0 Å². The zero-order valence-corrected chi connectivity index (χ0v) is 9.15. The van der Waals surface area contributed by atoms with Gasteiger partial charge in [0.1, 0.15) is 6.07 Å². The minimum atomic E-state index is 0.384. The molecule has 1 aliphatic heterocycles. The first-order valence-electron chi connectivity index (χ1n) is 5.61. The summed E-state index contributed by atoms with van der Waals surface area (Å²) in [6, 6.07) is 5.77. The van der Waals surface area contributed by atoms with Crippen LogP contribution in [-0.2, 0) is 4.74 Å². The summed E-state index contributed by atoms with van der Waals surface area (Å²) in [5.41, 5.74) is 1.26. The summed E-state index contributed by atoms with van der Waals surface area (Å²) in [5, 5.41) is 12.1. The highest BCUT2D eigenvalue weighted by molar-refractivity contribution is 5.53. The normalized spacial score (nSPS) is 19.3. The van der Waals surface area contributed by atoms with E-state index < -0.39 is 0 Å². The van der Waals surface area contributed by atoms with Crippen LogP contribution < -0.4 is 5.32 Å². The van der Waals surface area contributed by atoms with Crippen LogP contribution in [0.1, 0.15) is 25.0 Å². The number of rotatable bonds is 4. The SMILES string of the molecule is N#Cc1ncccc1NCCC1CCCO1. The number of ether oxygens (including phenoxy) is 1. The first-order chi connectivity index (χ1) is 7.90. The third-order valence-corrected chi connectivity index (χ3v) is 2.72.